The Labute approximate surface area is 129 Å². The maximum Gasteiger partial charge on any atom is 0.339 e. The second kappa shape index (κ2) is 5.95. The van der Waals surface area contributed by atoms with Crippen molar-refractivity contribution in [3.63, 3.8) is 0 Å². The zero-order valence-corrected chi connectivity index (χ0v) is 13.5. The van der Waals surface area contributed by atoms with Crippen molar-refractivity contribution in [3.05, 3.63) is 52.5 Å². The first-order chi connectivity index (χ1) is 9.85. The van der Waals surface area contributed by atoms with Gasteiger partial charge in [-0.2, -0.15) is 8.42 Å². The van der Waals surface area contributed by atoms with Crippen molar-refractivity contribution in [1.29, 1.82) is 0 Å². The fraction of sp³-hybridized carbons (Fsp3) is 0.200. The number of ether oxygens (including phenoxy) is 1. The van der Waals surface area contributed by atoms with Crippen LogP contribution in [-0.4, -0.2) is 15.5 Å². The highest BCUT2D eigenvalue weighted by Crippen LogP contribution is 2.29. The largest absolute Gasteiger partial charge is 0.495 e. The van der Waals surface area contributed by atoms with Crippen LogP contribution in [0.25, 0.3) is 0 Å². The van der Waals surface area contributed by atoms with Crippen LogP contribution in [0.5, 0.6) is 11.5 Å². The van der Waals surface area contributed by atoms with Crippen LogP contribution in [0.15, 0.2) is 41.3 Å². The Morgan fingerprint density at radius 3 is 2.43 bits per heavy atom. The third-order valence-electron chi connectivity index (χ3n) is 3.17. The molecule has 0 saturated carbocycles. The number of aryl methyl sites for hydroxylation is 1. The van der Waals surface area contributed by atoms with Crippen LogP contribution in [0.4, 0.5) is 0 Å². The summed E-state index contributed by atoms with van der Waals surface area (Å²) in [6.07, 6.45) is 0. The van der Waals surface area contributed by atoms with Crippen LogP contribution in [0.3, 0.4) is 0 Å². The second-order valence-electron chi connectivity index (χ2n) is 4.53. The minimum atomic E-state index is -3.94. The van der Waals surface area contributed by atoms with E-state index in [1.165, 1.54) is 25.3 Å². The monoisotopic (exact) mass is 326 g/mol. The van der Waals surface area contributed by atoms with Crippen LogP contribution in [0.1, 0.15) is 11.1 Å². The first-order valence-corrected chi connectivity index (χ1v) is 7.98. The molecule has 0 heterocycles. The smallest absolute Gasteiger partial charge is 0.339 e. The van der Waals surface area contributed by atoms with Crippen molar-refractivity contribution in [3.8, 4) is 11.5 Å². The molecule has 2 aromatic carbocycles. The van der Waals surface area contributed by atoms with E-state index in [2.05, 4.69) is 0 Å². The Hall–Kier alpha value is -1.72. The fourth-order valence-corrected chi connectivity index (χ4v) is 2.97. The van der Waals surface area contributed by atoms with Crippen molar-refractivity contribution in [2.24, 2.45) is 0 Å². The third-order valence-corrected chi connectivity index (χ3v) is 4.71. The molecule has 0 atom stereocenters. The molecule has 0 aliphatic carbocycles. The summed E-state index contributed by atoms with van der Waals surface area (Å²) in [6.45, 7) is 3.70. The minimum absolute atomic E-state index is 0.00958. The van der Waals surface area contributed by atoms with Crippen LogP contribution in [0.2, 0.25) is 5.02 Å². The molecule has 0 aliphatic rings. The molecule has 0 bridgehead atoms. The van der Waals surface area contributed by atoms with Gasteiger partial charge in [0.25, 0.3) is 0 Å². The second-order valence-corrected chi connectivity index (χ2v) is 6.49. The van der Waals surface area contributed by atoms with E-state index in [4.69, 9.17) is 20.5 Å². The van der Waals surface area contributed by atoms with Gasteiger partial charge in [-0.25, -0.2) is 0 Å². The van der Waals surface area contributed by atoms with E-state index in [1.807, 2.05) is 19.9 Å². The molecular weight excluding hydrogens is 312 g/mol. The number of methoxy groups -OCH3 is 1. The van der Waals surface area contributed by atoms with Crippen molar-refractivity contribution in [1.82, 2.24) is 0 Å². The predicted octanol–water partition coefficient (Wildman–Crippen LogP) is 3.73. The van der Waals surface area contributed by atoms with Crippen LogP contribution in [-0.2, 0) is 10.1 Å². The first-order valence-electron chi connectivity index (χ1n) is 6.19. The van der Waals surface area contributed by atoms with Gasteiger partial charge in [-0.05, 0) is 43.2 Å². The Morgan fingerprint density at radius 2 is 1.76 bits per heavy atom. The average molecular weight is 327 g/mol. The highest BCUT2D eigenvalue weighted by Gasteiger charge is 2.19. The highest BCUT2D eigenvalue weighted by molar-refractivity contribution is 7.87. The lowest BCUT2D eigenvalue weighted by Crippen LogP contribution is -2.11. The van der Waals surface area contributed by atoms with Gasteiger partial charge in [-0.1, -0.05) is 23.7 Å². The van der Waals surface area contributed by atoms with Crippen molar-refractivity contribution in [2.45, 2.75) is 18.7 Å². The fourth-order valence-electron chi connectivity index (χ4n) is 1.78. The molecule has 0 fully saturated rings. The molecule has 0 aromatic heterocycles. The molecule has 0 unspecified atom stereocenters. The topological polar surface area (TPSA) is 52.6 Å². The molecule has 0 N–H and O–H groups in total. The van der Waals surface area contributed by atoms with Crippen molar-refractivity contribution >= 4 is 21.7 Å². The molecule has 21 heavy (non-hydrogen) atoms. The van der Waals surface area contributed by atoms with E-state index in [1.54, 1.807) is 12.1 Å². The van der Waals surface area contributed by atoms with Crippen LogP contribution in [0, 0.1) is 13.8 Å². The summed E-state index contributed by atoms with van der Waals surface area (Å²) >= 11 is 5.89. The lowest BCUT2D eigenvalue weighted by Gasteiger charge is -2.12. The van der Waals surface area contributed by atoms with Gasteiger partial charge in [-0.3, -0.25) is 0 Å². The van der Waals surface area contributed by atoms with E-state index in [9.17, 15) is 8.42 Å². The van der Waals surface area contributed by atoms with E-state index < -0.39 is 10.1 Å². The van der Waals surface area contributed by atoms with Crippen molar-refractivity contribution in [2.75, 3.05) is 7.11 Å². The van der Waals surface area contributed by atoms with Crippen LogP contribution < -0.4 is 8.92 Å². The Bertz CT molecular complexity index is 769. The normalized spacial score (nSPS) is 11.2. The van der Waals surface area contributed by atoms with Gasteiger partial charge in [-0.15, -0.1) is 0 Å². The molecule has 2 aromatic rings. The molecule has 0 saturated heterocycles. The van der Waals surface area contributed by atoms with Gasteiger partial charge in [0.1, 0.15) is 16.4 Å². The summed E-state index contributed by atoms with van der Waals surface area (Å²) in [6, 6.07) is 9.43. The molecule has 4 nitrogen and oxygen atoms in total. The van der Waals surface area contributed by atoms with Crippen LogP contribution >= 0.6 is 11.6 Å². The Kier molecular flexibility index (Phi) is 4.44. The standard InChI is InChI=1S/C15H15ClO4S/c1-10-5-4-6-14(11(10)2)20-21(17,18)12-7-8-13(16)15(9-12)19-3/h4-9H,1-3H3. The predicted molar refractivity (Wildman–Crippen MR) is 81.7 cm³/mol. The number of hydrogen-bond donors (Lipinski definition) is 0. The number of halogens is 1. The molecule has 0 spiro atoms. The molecule has 2 rings (SSSR count). The van der Waals surface area contributed by atoms with Gasteiger partial charge >= 0.3 is 10.1 Å². The van der Waals surface area contributed by atoms with E-state index in [0.29, 0.717) is 10.8 Å². The summed E-state index contributed by atoms with van der Waals surface area (Å²) in [5.41, 5.74) is 1.73. The summed E-state index contributed by atoms with van der Waals surface area (Å²) in [5.74, 6) is 0.589. The highest BCUT2D eigenvalue weighted by atomic mass is 35.5. The quantitative estimate of drug-likeness (QED) is 0.803. The zero-order valence-electron chi connectivity index (χ0n) is 11.9. The van der Waals surface area contributed by atoms with Gasteiger partial charge in [0.2, 0.25) is 0 Å². The summed E-state index contributed by atoms with van der Waals surface area (Å²) in [5, 5.41) is 0.336. The Morgan fingerprint density at radius 1 is 1.05 bits per heavy atom. The molecule has 0 aliphatic heterocycles. The third kappa shape index (κ3) is 3.31. The average Bonchev–Trinajstić information content (AvgIpc) is 2.44. The maximum absolute atomic E-state index is 12.3. The number of hydrogen-bond acceptors (Lipinski definition) is 4. The lowest BCUT2D eigenvalue weighted by molar-refractivity contribution is 0.413. The molecule has 0 amide bonds. The summed E-state index contributed by atoms with van der Waals surface area (Å²) in [4.78, 5) is -0.00958. The van der Waals surface area contributed by atoms with E-state index in [-0.39, 0.29) is 10.6 Å². The SMILES string of the molecule is COc1cc(S(=O)(=O)Oc2cccc(C)c2C)ccc1Cl. The lowest BCUT2D eigenvalue weighted by atomic mass is 10.1. The number of benzene rings is 2. The van der Waals surface area contributed by atoms with Gasteiger partial charge < -0.3 is 8.92 Å². The maximum atomic E-state index is 12.3. The molecule has 6 heteroatoms. The minimum Gasteiger partial charge on any atom is -0.495 e. The summed E-state index contributed by atoms with van der Waals surface area (Å²) in [7, 11) is -2.52. The van der Waals surface area contributed by atoms with E-state index in [0.717, 1.165) is 11.1 Å². The molecule has 0 radical (unpaired) electrons. The van der Waals surface area contributed by atoms with Gasteiger partial charge in [0, 0.05) is 6.07 Å². The Balaban J connectivity index is 2.41. The van der Waals surface area contributed by atoms with Gasteiger partial charge in [0.15, 0.2) is 0 Å². The zero-order chi connectivity index (χ0) is 15.6. The molecular formula is C15H15ClO4S. The van der Waals surface area contributed by atoms with E-state index >= 15 is 0 Å². The molecule has 112 valence electrons. The summed E-state index contributed by atoms with van der Waals surface area (Å²) < 4.78 is 34.9. The van der Waals surface area contributed by atoms with Gasteiger partial charge in [0.05, 0.1) is 12.1 Å². The van der Waals surface area contributed by atoms with Crippen molar-refractivity contribution < 1.29 is 17.3 Å². The number of rotatable bonds is 4. The first kappa shape index (κ1) is 15.7.